The molecule has 0 bridgehead atoms. The zero-order chi connectivity index (χ0) is 19.2. The summed E-state index contributed by atoms with van der Waals surface area (Å²) in [6.45, 7) is 1.63. The second-order valence-electron chi connectivity index (χ2n) is 5.69. The van der Waals surface area contributed by atoms with E-state index in [9.17, 15) is 18.0 Å². The highest BCUT2D eigenvalue weighted by atomic mass is 79.9. The van der Waals surface area contributed by atoms with Gasteiger partial charge in [0.1, 0.15) is 0 Å². The summed E-state index contributed by atoms with van der Waals surface area (Å²) in [7, 11) is -3.53. The molecule has 2 amide bonds. The van der Waals surface area contributed by atoms with Gasteiger partial charge in [-0.15, -0.1) is 0 Å². The van der Waals surface area contributed by atoms with Crippen LogP contribution in [0.2, 0.25) is 0 Å². The fourth-order valence-corrected chi connectivity index (χ4v) is 3.74. The lowest BCUT2D eigenvalue weighted by atomic mass is 10.2. The number of hydrogen-bond donors (Lipinski definition) is 2. The van der Waals surface area contributed by atoms with Crippen molar-refractivity contribution in [2.75, 3.05) is 17.6 Å². The van der Waals surface area contributed by atoms with Gasteiger partial charge in [0.05, 0.1) is 22.9 Å². The van der Waals surface area contributed by atoms with E-state index in [0.29, 0.717) is 5.69 Å². The molecule has 138 valence electrons. The normalized spacial score (nSPS) is 11.0. The maximum absolute atomic E-state index is 12.2. The van der Waals surface area contributed by atoms with Crippen molar-refractivity contribution in [2.24, 2.45) is 0 Å². The molecule has 26 heavy (non-hydrogen) atoms. The van der Waals surface area contributed by atoms with Crippen LogP contribution in [0.5, 0.6) is 0 Å². The van der Waals surface area contributed by atoms with E-state index in [1.54, 1.807) is 30.3 Å². The minimum Gasteiger partial charge on any atom is -0.347 e. The number of benzene rings is 2. The van der Waals surface area contributed by atoms with Crippen LogP contribution in [-0.4, -0.2) is 32.5 Å². The van der Waals surface area contributed by atoms with E-state index in [-0.39, 0.29) is 23.6 Å². The van der Waals surface area contributed by atoms with E-state index in [1.807, 2.05) is 13.0 Å². The van der Waals surface area contributed by atoms with Gasteiger partial charge >= 0.3 is 0 Å². The van der Waals surface area contributed by atoms with E-state index in [4.69, 9.17) is 0 Å². The van der Waals surface area contributed by atoms with Gasteiger partial charge in [0.25, 0.3) is 0 Å². The van der Waals surface area contributed by atoms with Gasteiger partial charge in [-0.05, 0) is 47.1 Å². The molecule has 0 aromatic heterocycles. The molecule has 0 atom stereocenters. The average Bonchev–Trinajstić information content (AvgIpc) is 2.60. The Morgan fingerprint density at radius 1 is 1.00 bits per heavy atom. The lowest BCUT2D eigenvalue weighted by Crippen LogP contribution is -2.33. The van der Waals surface area contributed by atoms with Crippen LogP contribution in [0.15, 0.2) is 57.9 Å². The van der Waals surface area contributed by atoms with E-state index in [1.165, 1.54) is 12.1 Å². The highest BCUT2D eigenvalue weighted by Crippen LogP contribution is 2.20. The number of amides is 2. The Bertz CT molecular complexity index is 896. The average molecular weight is 439 g/mol. The zero-order valence-electron chi connectivity index (χ0n) is 14.2. The summed E-state index contributed by atoms with van der Waals surface area (Å²) in [5.74, 6) is -1.21. The van der Waals surface area contributed by atoms with Gasteiger partial charge in [0, 0.05) is 10.9 Å². The maximum Gasteiger partial charge on any atom is 0.243 e. The molecule has 0 fully saturated rings. The smallest absolute Gasteiger partial charge is 0.243 e. The Balaban J connectivity index is 1.80. The Morgan fingerprint density at radius 2 is 1.65 bits per heavy atom. The molecule has 0 aliphatic rings. The zero-order valence-corrected chi connectivity index (χ0v) is 16.6. The van der Waals surface area contributed by atoms with Crippen molar-refractivity contribution in [2.45, 2.75) is 18.2 Å². The number of carbonyl (C=O) groups excluding carboxylic acids is 2. The Morgan fingerprint density at radius 3 is 2.31 bits per heavy atom. The first-order valence-corrected chi connectivity index (χ1v) is 10.3. The third-order valence-corrected chi connectivity index (χ3v) is 6.00. The van der Waals surface area contributed by atoms with Crippen molar-refractivity contribution in [3.63, 3.8) is 0 Å². The van der Waals surface area contributed by atoms with Crippen LogP contribution in [0.25, 0.3) is 0 Å². The minimum atomic E-state index is -3.53. The minimum absolute atomic E-state index is 0.183. The maximum atomic E-state index is 12.2. The molecule has 0 saturated heterocycles. The molecule has 0 aliphatic heterocycles. The van der Waals surface area contributed by atoms with E-state index in [0.717, 1.165) is 10.0 Å². The summed E-state index contributed by atoms with van der Waals surface area (Å²) in [6, 6.07) is 13.5. The molecular weight excluding hydrogens is 420 g/mol. The molecule has 2 N–H and O–H groups in total. The number of rotatable bonds is 7. The molecule has 0 aliphatic carbocycles. The number of hydrogen-bond acceptors (Lipinski definition) is 4. The van der Waals surface area contributed by atoms with Crippen LogP contribution >= 0.6 is 15.9 Å². The molecule has 0 unspecified atom stereocenters. The van der Waals surface area contributed by atoms with Crippen molar-refractivity contribution in [1.82, 2.24) is 5.32 Å². The lowest BCUT2D eigenvalue weighted by molar-refractivity contribution is -0.123. The van der Waals surface area contributed by atoms with E-state index in [2.05, 4.69) is 26.6 Å². The number of halogens is 1. The Kier molecular flexibility index (Phi) is 6.93. The number of para-hydroxylation sites is 1. The lowest BCUT2D eigenvalue weighted by Gasteiger charge is -2.09. The summed E-state index contributed by atoms with van der Waals surface area (Å²) < 4.78 is 25.1. The van der Waals surface area contributed by atoms with Crippen LogP contribution in [0.4, 0.5) is 5.69 Å². The summed E-state index contributed by atoms with van der Waals surface area (Å²) >= 11 is 3.31. The van der Waals surface area contributed by atoms with Crippen molar-refractivity contribution in [1.29, 1.82) is 0 Å². The van der Waals surface area contributed by atoms with Crippen LogP contribution in [0.1, 0.15) is 12.0 Å². The molecule has 8 heteroatoms. The number of carbonyl (C=O) groups is 2. The van der Waals surface area contributed by atoms with Crippen LogP contribution in [0.3, 0.4) is 0 Å². The van der Waals surface area contributed by atoms with E-state index < -0.39 is 21.7 Å². The van der Waals surface area contributed by atoms with Crippen molar-refractivity contribution in [3.05, 3.63) is 58.6 Å². The second-order valence-corrected chi connectivity index (χ2v) is 8.65. The molecular formula is C18H19BrN2O4S. The summed E-state index contributed by atoms with van der Waals surface area (Å²) in [5.41, 5.74) is 1.55. The number of sulfone groups is 1. The van der Waals surface area contributed by atoms with Crippen LogP contribution < -0.4 is 10.6 Å². The largest absolute Gasteiger partial charge is 0.347 e. The van der Waals surface area contributed by atoms with Gasteiger partial charge in [0.15, 0.2) is 9.84 Å². The first-order chi connectivity index (χ1) is 12.3. The SMILES string of the molecule is Cc1ccc(S(=O)(=O)CCC(=O)NCC(=O)Nc2ccccc2Br)cc1. The molecule has 0 heterocycles. The molecule has 0 radical (unpaired) electrons. The molecule has 0 spiro atoms. The standard InChI is InChI=1S/C18H19BrN2O4S/c1-13-6-8-14(9-7-13)26(24,25)11-10-17(22)20-12-18(23)21-16-5-3-2-4-15(16)19/h2-9H,10-12H2,1H3,(H,20,22)(H,21,23). The number of nitrogens with one attached hydrogen (secondary N) is 2. The number of anilines is 1. The van der Waals surface area contributed by atoms with Crippen molar-refractivity contribution < 1.29 is 18.0 Å². The van der Waals surface area contributed by atoms with Crippen molar-refractivity contribution in [3.8, 4) is 0 Å². The van der Waals surface area contributed by atoms with Gasteiger partial charge in [0.2, 0.25) is 11.8 Å². The quantitative estimate of drug-likeness (QED) is 0.694. The fraction of sp³-hybridized carbons (Fsp3) is 0.222. The highest BCUT2D eigenvalue weighted by molar-refractivity contribution is 9.10. The third kappa shape index (κ3) is 5.96. The first-order valence-electron chi connectivity index (χ1n) is 7.88. The second kappa shape index (κ2) is 8.95. The van der Waals surface area contributed by atoms with Gasteiger partial charge in [-0.25, -0.2) is 8.42 Å². The molecule has 0 saturated carbocycles. The van der Waals surface area contributed by atoms with Gasteiger partial charge in [-0.2, -0.15) is 0 Å². The topological polar surface area (TPSA) is 92.3 Å². The van der Waals surface area contributed by atoms with Crippen molar-refractivity contribution >= 4 is 43.3 Å². The molecule has 2 aromatic carbocycles. The molecule has 2 rings (SSSR count). The molecule has 2 aromatic rings. The fourth-order valence-electron chi connectivity index (χ4n) is 2.11. The van der Waals surface area contributed by atoms with Gasteiger partial charge in [-0.3, -0.25) is 9.59 Å². The predicted octanol–water partition coefficient (Wildman–Crippen LogP) is 2.68. The summed E-state index contributed by atoms with van der Waals surface area (Å²) in [4.78, 5) is 23.9. The van der Waals surface area contributed by atoms with Crippen LogP contribution in [0, 0.1) is 6.92 Å². The highest BCUT2D eigenvalue weighted by Gasteiger charge is 2.16. The number of aryl methyl sites for hydroxylation is 1. The summed E-state index contributed by atoms with van der Waals surface area (Å²) in [6.07, 6.45) is -0.210. The van der Waals surface area contributed by atoms with Crippen LogP contribution in [-0.2, 0) is 19.4 Å². The van der Waals surface area contributed by atoms with Gasteiger partial charge < -0.3 is 10.6 Å². The first kappa shape index (κ1) is 20.1. The monoisotopic (exact) mass is 438 g/mol. The Labute approximate surface area is 161 Å². The predicted molar refractivity (Wildman–Crippen MR) is 104 cm³/mol. The molecule has 6 nitrogen and oxygen atoms in total. The third-order valence-electron chi connectivity index (χ3n) is 3.57. The van der Waals surface area contributed by atoms with Gasteiger partial charge in [-0.1, -0.05) is 29.8 Å². The summed E-state index contributed by atoms with van der Waals surface area (Å²) in [5, 5.41) is 5.07. The Hall–Kier alpha value is -2.19. The van der Waals surface area contributed by atoms with E-state index >= 15 is 0 Å².